The first-order chi connectivity index (χ1) is 14.0. The lowest BCUT2D eigenvalue weighted by Crippen LogP contribution is -2.51. The fourth-order valence-electron chi connectivity index (χ4n) is 4.25. The highest BCUT2D eigenvalue weighted by molar-refractivity contribution is 5.76. The monoisotopic (exact) mass is 397 g/mol. The molecule has 2 saturated heterocycles. The molecule has 1 spiro atoms. The molecule has 2 aromatic rings. The highest BCUT2D eigenvalue weighted by Crippen LogP contribution is 2.31. The summed E-state index contributed by atoms with van der Waals surface area (Å²) in [6.07, 6.45) is 8.23. The van der Waals surface area contributed by atoms with Crippen LogP contribution in [0.25, 0.3) is 0 Å². The van der Waals surface area contributed by atoms with E-state index in [4.69, 9.17) is 4.74 Å². The van der Waals surface area contributed by atoms with Crippen molar-refractivity contribution in [2.45, 2.75) is 57.8 Å². The molecular formula is C22H31N5O2. The van der Waals surface area contributed by atoms with Gasteiger partial charge in [-0.05, 0) is 38.8 Å². The lowest BCUT2D eigenvalue weighted by molar-refractivity contribution is -0.132. The zero-order valence-corrected chi connectivity index (χ0v) is 17.5. The van der Waals surface area contributed by atoms with Crippen LogP contribution in [0.5, 0.6) is 0 Å². The third-order valence-electron chi connectivity index (χ3n) is 5.99. The van der Waals surface area contributed by atoms with Crippen molar-refractivity contribution in [2.75, 3.05) is 26.2 Å². The Kier molecular flexibility index (Phi) is 5.96. The van der Waals surface area contributed by atoms with E-state index in [1.165, 1.54) is 5.56 Å². The summed E-state index contributed by atoms with van der Waals surface area (Å²) in [5.41, 5.74) is 1.94. The first kappa shape index (κ1) is 20.0. The molecule has 2 aromatic heterocycles. The van der Waals surface area contributed by atoms with Gasteiger partial charge in [-0.25, -0.2) is 0 Å². The molecule has 4 rings (SSSR count). The van der Waals surface area contributed by atoms with Gasteiger partial charge in [0.25, 0.3) is 0 Å². The fourth-order valence-corrected chi connectivity index (χ4v) is 4.25. The maximum Gasteiger partial charge on any atom is 0.225 e. The van der Waals surface area contributed by atoms with Crippen molar-refractivity contribution in [2.24, 2.45) is 0 Å². The average molecular weight is 398 g/mol. The summed E-state index contributed by atoms with van der Waals surface area (Å²) in [6, 6.07) is 6.23. The molecule has 0 radical (unpaired) electrons. The van der Waals surface area contributed by atoms with Gasteiger partial charge < -0.3 is 9.64 Å². The number of hydrogen-bond donors (Lipinski definition) is 0. The van der Waals surface area contributed by atoms with E-state index in [1.54, 1.807) is 6.20 Å². The Labute approximate surface area is 172 Å². The zero-order chi connectivity index (χ0) is 20.3. The first-order valence-corrected chi connectivity index (χ1v) is 10.6. The number of rotatable bonds is 5. The fraction of sp³-hybridized carbons (Fsp3) is 0.591. The van der Waals surface area contributed by atoms with Gasteiger partial charge in [0, 0.05) is 43.6 Å². The predicted molar refractivity (Wildman–Crippen MR) is 110 cm³/mol. The Morgan fingerprint density at radius 2 is 2.03 bits per heavy atom. The van der Waals surface area contributed by atoms with Crippen LogP contribution < -0.4 is 0 Å². The number of hydrogen-bond acceptors (Lipinski definition) is 5. The van der Waals surface area contributed by atoms with E-state index in [1.807, 2.05) is 34.0 Å². The van der Waals surface area contributed by atoms with Gasteiger partial charge in [-0.1, -0.05) is 6.07 Å². The molecule has 0 atom stereocenters. The average Bonchev–Trinajstić information content (AvgIpc) is 3.13. The number of pyridine rings is 1. The lowest BCUT2D eigenvalue weighted by Gasteiger charge is -2.42. The second-order valence-corrected chi connectivity index (χ2v) is 8.55. The molecule has 0 aliphatic carbocycles. The van der Waals surface area contributed by atoms with Gasteiger partial charge in [0.2, 0.25) is 5.91 Å². The van der Waals surface area contributed by atoms with E-state index in [9.17, 15) is 4.79 Å². The summed E-state index contributed by atoms with van der Waals surface area (Å²) in [6.45, 7) is 8.87. The minimum atomic E-state index is -0.237. The summed E-state index contributed by atoms with van der Waals surface area (Å²) in [7, 11) is 0. The highest BCUT2D eigenvalue weighted by Gasteiger charge is 2.40. The molecule has 0 saturated carbocycles. The molecule has 7 heteroatoms. The van der Waals surface area contributed by atoms with Crippen molar-refractivity contribution in [1.29, 1.82) is 0 Å². The molecule has 29 heavy (non-hydrogen) atoms. The smallest absolute Gasteiger partial charge is 0.225 e. The van der Waals surface area contributed by atoms with Crippen LogP contribution in [-0.2, 0) is 22.6 Å². The van der Waals surface area contributed by atoms with Crippen LogP contribution in [0, 0.1) is 0 Å². The van der Waals surface area contributed by atoms with Gasteiger partial charge in [-0.3, -0.25) is 19.4 Å². The molecule has 0 aromatic carbocycles. The summed E-state index contributed by atoms with van der Waals surface area (Å²) in [5.74, 6) is 0.163. The molecule has 156 valence electrons. The van der Waals surface area contributed by atoms with Crippen LogP contribution in [0.1, 0.15) is 50.4 Å². The normalized spacial score (nSPS) is 20.4. The van der Waals surface area contributed by atoms with E-state index >= 15 is 0 Å². The van der Waals surface area contributed by atoms with Crippen molar-refractivity contribution in [1.82, 2.24) is 24.6 Å². The molecule has 1 amide bonds. The Morgan fingerprint density at radius 1 is 1.21 bits per heavy atom. The summed E-state index contributed by atoms with van der Waals surface area (Å²) >= 11 is 0. The van der Waals surface area contributed by atoms with Gasteiger partial charge in [-0.15, -0.1) is 0 Å². The Hall–Kier alpha value is -2.25. The predicted octanol–water partition coefficient (Wildman–Crippen LogP) is 2.64. The Morgan fingerprint density at radius 3 is 2.72 bits per heavy atom. The van der Waals surface area contributed by atoms with Crippen molar-refractivity contribution in [3.05, 3.63) is 48.0 Å². The molecule has 2 fully saturated rings. The largest absolute Gasteiger partial charge is 0.373 e. The molecule has 2 aliphatic heterocycles. The van der Waals surface area contributed by atoms with Crippen LogP contribution in [0.3, 0.4) is 0 Å². The number of carbonyl (C=O) groups is 1. The second-order valence-electron chi connectivity index (χ2n) is 8.55. The Bertz CT molecular complexity index is 812. The van der Waals surface area contributed by atoms with Gasteiger partial charge in [0.05, 0.1) is 43.6 Å². The Balaban J connectivity index is 1.37. The minimum absolute atomic E-state index is 0.163. The summed E-state index contributed by atoms with van der Waals surface area (Å²) in [5, 5.41) is 4.45. The van der Waals surface area contributed by atoms with Crippen molar-refractivity contribution >= 4 is 5.91 Å². The van der Waals surface area contributed by atoms with Crippen LogP contribution in [-0.4, -0.2) is 62.3 Å². The SMILES string of the molecule is CC(C)n1cc(CN2CCC3(CC2)CN(Cc2ccccn2)C(=O)CCO3)cn1. The van der Waals surface area contributed by atoms with Crippen LogP contribution >= 0.6 is 0 Å². The highest BCUT2D eigenvalue weighted by atomic mass is 16.5. The number of likely N-dealkylation sites (tertiary alicyclic amines) is 1. The molecule has 7 nitrogen and oxygen atoms in total. The van der Waals surface area contributed by atoms with Crippen molar-refractivity contribution in [3.63, 3.8) is 0 Å². The number of piperidine rings is 1. The molecule has 2 aliphatic rings. The second kappa shape index (κ2) is 8.63. The van der Waals surface area contributed by atoms with Crippen LogP contribution in [0.15, 0.2) is 36.8 Å². The molecule has 0 N–H and O–H groups in total. The number of ether oxygens (including phenoxy) is 1. The van der Waals surface area contributed by atoms with Gasteiger partial charge in [0.15, 0.2) is 0 Å². The van der Waals surface area contributed by atoms with E-state index < -0.39 is 0 Å². The van der Waals surface area contributed by atoms with Crippen molar-refractivity contribution in [3.8, 4) is 0 Å². The summed E-state index contributed by atoms with van der Waals surface area (Å²) in [4.78, 5) is 21.4. The number of nitrogens with zero attached hydrogens (tertiary/aromatic N) is 5. The minimum Gasteiger partial charge on any atom is -0.373 e. The van der Waals surface area contributed by atoms with E-state index in [-0.39, 0.29) is 11.5 Å². The quantitative estimate of drug-likeness (QED) is 0.776. The van der Waals surface area contributed by atoms with E-state index in [2.05, 4.69) is 35.0 Å². The summed E-state index contributed by atoms with van der Waals surface area (Å²) < 4.78 is 8.29. The van der Waals surface area contributed by atoms with Crippen molar-refractivity contribution < 1.29 is 9.53 Å². The topological polar surface area (TPSA) is 63.5 Å². The standard InChI is InChI=1S/C22H31N5O2/c1-18(2)27-15-19(13-24-27)14-25-10-7-22(8-11-25)17-26(21(28)6-12-29-22)16-20-5-3-4-9-23-20/h3-5,9,13,15,18H,6-8,10-12,14,16-17H2,1-2H3. The molecule has 0 unspecified atom stereocenters. The van der Waals surface area contributed by atoms with Crippen LogP contribution in [0.4, 0.5) is 0 Å². The lowest BCUT2D eigenvalue weighted by atomic mass is 9.90. The van der Waals surface area contributed by atoms with Crippen LogP contribution in [0.2, 0.25) is 0 Å². The van der Waals surface area contributed by atoms with Gasteiger partial charge >= 0.3 is 0 Å². The third-order valence-corrected chi connectivity index (χ3v) is 5.99. The number of amides is 1. The van der Waals surface area contributed by atoms with E-state index in [0.717, 1.165) is 38.2 Å². The molecule has 4 heterocycles. The molecular weight excluding hydrogens is 366 g/mol. The van der Waals surface area contributed by atoms with Gasteiger partial charge in [0.1, 0.15) is 0 Å². The number of carbonyl (C=O) groups excluding carboxylic acids is 1. The van der Waals surface area contributed by atoms with Gasteiger partial charge in [-0.2, -0.15) is 5.10 Å². The first-order valence-electron chi connectivity index (χ1n) is 10.6. The maximum absolute atomic E-state index is 12.6. The van der Waals surface area contributed by atoms with E-state index in [0.29, 0.717) is 32.2 Å². The maximum atomic E-state index is 12.6. The number of aromatic nitrogens is 3. The third kappa shape index (κ3) is 4.85. The molecule has 0 bridgehead atoms. The zero-order valence-electron chi connectivity index (χ0n) is 17.5.